The molecule has 6 heteroatoms. The van der Waals surface area contributed by atoms with E-state index in [0.29, 0.717) is 33.6 Å². The molecule has 2 heterocycles. The monoisotopic (exact) mass is 674 g/mol. The molecule has 9 rings (SSSR count). The summed E-state index contributed by atoms with van der Waals surface area (Å²) >= 11 is 0. The van der Waals surface area contributed by atoms with Gasteiger partial charge in [0.15, 0.2) is 5.78 Å². The van der Waals surface area contributed by atoms with Crippen molar-refractivity contribution in [3.05, 3.63) is 203 Å². The summed E-state index contributed by atoms with van der Waals surface area (Å²) in [6.45, 7) is 0. The number of aliphatic hydroxyl groups is 1. The number of anilines is 1. The zero-order valence-electron chi connectivity index (χ0n) is 27.8. The van der Waals surface area contributed by atoms with Crippen molar-refractivity contribution in [1.29, 1.82) is 0 Å². The number of benzene rings is 7. The van der Waals surface area contributed by atoms with Crippen molar-refractivity contribution in [3.8, 4) is 16.8 Å². The number of rotatable bonds is 7. The van der Waals surface area contributed by atoms with E-state index in [-0.39, 0.29) is 16.9 Å². The Morgan fingerprint density at radius 2 is 1.10 bits per heavy atom. The number of carbonyl (C=O) groups excluding carboxylic acids is 3. The molecular weight excluding hydrogens is 645 g/mol. The van der Waals surface area contributed by atoms with Gasteiger partial charge in [-0.05, 0) is 47.0 Å². The number of nitrogens with zero attached hydrogens (tertiary/aromatic N) is 2. The smallest absolute Gasteiger partial charge is 0.268 e. The highest BCUT2D eigenvalue weighted by Gasteiger charge is 2.40. The number of carbonyl (C=O) groups is 3. The highest BCUT2D eigenvalue weighted by Crippen LogP contribution is 2.41. The first-order valence-electron chi connectivity index (χ1n) is 17.1. The van der Waals surface area contributed by atoms with Crippen molar-refractivity contribution >= 4 is 45.1 Å². The van der Waals surface area contributed by atoms with Crippen LogP contribution in [0.4, 0.5) is 5.69 Å². The Bertz CT molecular complexity index is 2700. The second-order valence-electron chi connectivity index (χ2n) is 12.9. The number of aliphatic hydroxyl groups excluding tert-OH is 1. The fraction of sp³-hybridized carbons (Fsp3) is 0.0217. The lowest BCUT2D eigenvalue weighted by Crippen LogP contribution is -2.30. The maximum atomic E-state index is 14.7. The first-order valence-corrected chi connectivity index (χ1v) is 17.1. The molecule has 1 atom stereocenters. The molecule has 248 valence electrons. The molecular formula is C46H30N2O4. The SMILES string of the molecule is O=C(c1ccccc1)c1ccc2c3ccc(C(O)c4ccccc4)cc3n(-c3cccc4c3C(=O)N(c3ccccc3-c3ccccc3)C4=O)c2c1. The second kappa shape index (κ2) is 12.5. The second-order valence-corrected chi connectivity index (χ2v) is 12.9. The van der Waals surface area contributed by atoms with E-state index in [2.05, 4.69) is 0 Å². The predicted octanol–water partition coefficient (Wildman–Crippen LogP) is 9.56. The fourth-order valence-electron chi connectivity index (χ4n) is 7.39. The maximum Gasteiger partial charge on any atom is 0.268 e. The number of hydrogen-bond donors (Lipinski definition) is 1. The number of para-hydroxylation sites is 1. The lowest BCUT2D eigenvalue weighted by molar-refractivity contribution is 0.0925. The molecule has 0 saturated heterocycles. The Balaban J connectivity index is 1.27. The normalized spacial score (nSPS) is 13.1. The maximum absolute atomic E-state index is 14.7. The van der Waals surface area contributed by atoms with Crippen molar-refractivity contribution in [2.45, 2.75) is 6.10 Å². The molecule has 52 heavy (non-hydrogen) atoms. The van der Waals surface area contributed by atoms with Crippen LogP contribution in [0.1, 0.15) is 53.9 Å². The Kier molecular flexibility index (Phi) is 7.46. The van der Waals surface area contributed by atoms with Crippen LogP contribution < -0.4 is 4.90 Å². The van der Waals surface area contributed by atoms with Crippen LogP contribution in [-0.2, 0) is 0 Å². The van der Waals surface area contributed by atoms with Gasteiger partial charge in [0.25, 0.3) is 11.8 Å². The van der Waals surface area contributed by atoms with E-state index < -0.39 is 17.9 Å². The van der Waals surface area contributed by atoms with Gasteiger partial charge < -0.3 is 9.67 Å². The molecule has 2 amide bonds. The third kappa shape index (κ3) is 4.96. The largest absolute Gasteiger partial charge is 0.384 e. The van der Waals surface area contributed by atoms with E-state index in [1.807, 2.05) is 144 Å². The van der Waals surface area contributed by atoms with Gasteiger partial charge >= 0.3 is 0 Å². The summed E-state index contributed by atoms with van der Waals surface area (Å²) in [7, 11) is 0. The molecule has 0 aliphatic carbocycles. The molecule has 0 bridgehead atoms. The zero-order valence-corrected chi connectivity index (χ0v) is 27.8. The van der Waals surface area contributed by atoms with Crippen molar-refractivity contribution < 1.29 is 19.5 Å². The minimum Gasteiger partial charge on any atom is -0.384 e. The summed E-state index contributed by atoms with van der Waals surface area (Å²) in [4.78, 5) is 44.0. The zero-order chi connectivity index (χ0) is 35.3. The summed E-state index contributed by atoms with van der Waals surface area (Å²) < 4.78 is 1.95. The molecule has 1 N–H and O–H groups in total. The van der Waals surface area contributed by atoms with E-state index in [1.165, 1.54) is 4.90 Å². The molecule has 0 spiro atoms. The van der Waals surface area contributed by atoms with Crippen LogP contribution >= 0.6 is 0 Å². The highest BCUT2D eigenvalue weighted by molar-refractivity contribution is 6.36. The first kappa shape index (κ1) is 31.1. The Morgan fingerprint density at radius 3 is 1.85 bits per heavy atom. The van der Waals surface area contributed by atoms with Crippen LogP contribution in [0.3, 0.4) is 0 Å². The molecule has 0 saturated carbocycles. The quantitative estimate of drug-likeness (QED) is 0.135. The Labute approximate surface area is 299 Å². The number of imide groups is 1. The van der Waals surface area contributed by atoms with Gasteiger partial charge in [0.2, 0.25) is 0 Å². The van der Waals surface area contributed by atoms with Crippen LogP contribution in [-0.4, -0.2) is 27.3 Å². The van der Waals surface area contributed by atoms with Crippen LogP contribution in [0.5, 0.6) is 0 Å². The molecule has 1 aliphatic rings. The van der Waals surface area contributed by atoms with Gasteiger partial charge in [-0.3, -0.25) is 14.4 Å². The number of fused-ring (bicyclic) bond motifs is 4. The van der Waals surface area contributed by atoms with Crippen LogP contribution in [0, 0.1) is 0 Å². The number of ketones is 1. The predicted molar refractivity (Wildman–Crippen MR) is 204 cm³/mol. The van der Waals surface area contributed by atoms with E-state index in [0.717, 1.165) is 33.0 Å². The summed E-state index contributed by atoms with van der Waals surface area (Å²) in [5.41, 5.74) is 7.09. The van der Waals surface area contributed by atoms with E-state index in [9.17, 15) is 19.5 Å². The van der Waals surface area contributed by atoms with Crippen molar-refractivity contribution in [1.82, 2.24) is 4.57 Å². The molecule has 1 unspecified atom stereocenters. The summed E-state index contributed by atoms with van der Waals surface area (Å²) in [6, 6.07) is 52.3. The molecule has 1 aromatic heterocycles. The standard InChI is InChI=1S/C46H30N2O4/c49-43(30-15-6-2-7-16-30)32-23-25-35-36-26-24-33(44(50)31-17-8-3-9-18-31)28-41(36)47(40(35)27-32)39-22-12-20-37-42(39)46(52)48(45(37)51)38-21-11-10-19-34(38)29-13-4-1-5-14-29/h1-28,43,49H. The molecule has 6 nitrogen and oxygen atoms in total. The van der Waals surface area contributed by atoms with Gasteiger partial charge in [-0.1, -0.05) is 140 Å². The lowest BCUT2D eigenvalue weighted by Gasteiger charge is -2.19. The van der Waals surface area contributed by atoms with Gasteiger partial charge in [-0.25, -0.2) is 4.90 Å². The van der Waals surface area contributed by atoms with Crippen molar-refractivity contribution in [2.24, 2.45) is 0 Å². The Hall–Kier alpha value is -6.89. The molecule has 0 radical (unpaired) electrons. The van der Waals surface area contributed by atoms with Gasteiger partial charge in [0.1, 0.15) is 6.10 Å². The Morgan fingerprint density at radius 1 is 0.500 bits per heavy atom. The van der Waals surface area contributed by atoms with Crippen LogP contribution in [0.25, 0.3) is 38.6 Å². The lowest BCUT2D eigenvalue weighted by atomic mass is 9.99. The fourth-order valence-corrected chi connectivity index (χ4v) is 7.39. The average molecular weight is 675 g/mol. The van der Waals surface area contributed by atoms with Crippen molar-refractivity contribution in [2.75, 3.05) is 4.90 Å². The summed E-state index contributed by atoms with van der Waals surface area (Å²) in [5.74, 6) is -0.982. The minimum absolute atomic E-state index is 0.132. The summed E-state index contributed by atoms with van der Waals surface area (Å²) in [5, 5.41) is 13.2. The molecule has 0 fully saturated rings. The first-order chi connectivity index (χ1) is 25.5. The van der Waals surface area contributed by atoms with Gasteiger partial charge in [-0.15, -0.1) is 0 Å². The highest BCUT2D eigenvalue weighted by atomic mass is 16.3. The average Bonchev–Trinajstić information content (AvgIpc) is 3.67. The number of hydrogen-bond acceptors (Lipinski definition) is 4. The van der Waals surface area contributed by atoms with Gasteiger partial charge in [0, 0.05) is 27.5 Å². The summed E-state index contributed by atoms with van der Waals surface area (Å²) in [6.07, 6.45) is -0.901. The third-order valence-corrected chi connectivity index (χ3v) is 9.88. The van der Waals surface area contributed by atoms with Crippen LogP contribution in [0.15, 0.2) is 170 Å². The van der Waals surface area contributed by atoms with E-state index in [4.69, 9.17) is 0 Å². The number of aromatic nitrogens is 1. The third-order valence-electron chi connectivity index (χ3n) is 9.88. The van der Waals surface area contributed by atoms with Crippen molar-refractivity contribution in [3.63, 3.8) is 0 Å². The van der Waals surface area contributed by atoms with E-state index in [1.54, 1.807) is 30.3 Å². The van der Waals surface area contributed by atoms with Gasteiger partial charge in [0.05, 0.1) is 33.5 Å². The molecule has 7 aromatic carbocycles. The van der Waals surface area contributed by atoms with Gasteiger partial charge in [-0.2, -0.15) is 0 Å². The van der Waals surface area contributed by atoms with E-state index >= 15 is 0 Å². The van der Waals surface area contributed by atoms with Crippen LogP contribution in [0.2, 0.25) is 0 Å². The molecule has 8 aromatic rings. The topological polar surface area (TPSA) is 79.6 Å². The number of amides is 2. The molecule has 1 aliphatic heterocycles. The minimum atomic E-state index is -0.901.